The van der Waals surface area contributed by atoms with Crippen molar-refractivity contribution in [2.75, 3.05) is 11.4 Å². The molecule has 1 unspecified atom stereocenters. The Bertz CT molecular complexity index is 640. The van der Waals surface area contributed by atoms with Gasteiger partial charge in [0.15, 0.2) is 0 Å². The number of benzene rings is 1. The average molecular weight is 352 g/mol. The number of aliphatic carboxylic acids is 1. The number of carboxylic acids is 1. The van der Waals surface area contributed by atoms with Gasteiger partial charge in [0.1, 0.15) is 0 Å². The Hall–Kier alpha value is -1.33. The fourth-order valence-corrected chi connectivity index (χ4v) is 4.16. The van der Waals surface area contributed by atoms with E-state index in [9.17, 15) is 9.90 Å². The topological polar surface area (TPSA) is 40.5 Å². The fraction of sp³-hybridized carbons (Fsp3) is 0.267. The largest absolute Gasteiger partial charge is 0.481 e. The monoisotopic (exact) mass is 351 g/mol. The van der Waals surface area contributed by atoms with Gasteiger partial charge in [0.25, 0.3) is 0 Å². The van der Waals surface area contributed by atoms with Crippen LogP contribution in [-0.2, 0) is 11.3 Å². The van der Waals surface area contributed by atoms with Crippen molar-refractivity contribution in [1.29, 1.82) is 0 Å². The van der Waals surface area contributed by atoms with E-state index in [2.05, 4.69) is 32.3 Å². The molecule has 0 saturated carbocycles. The van der Waals surface area contributed by atoms with E-state index in [4.69, 9.17) is 0 Å². The molecule has 0 saturated heterocycles. The zero-order valence-corrected chi connectivity index (χ0v) is 13.2. The minimum Gasteiger partial charge on any atom is -0.481 e. The van der Waals surface area contributed by atoms with Crippen LogP contribution in [0.4, 0.5) is 5.69 Å². The zero-order chi connectivity index (χ0) is 14.1. The third-order valence-corrected chi connectivity index (χ3v) is 5.58. The summed E-state index contributed by atoms with van der Waals surface area (Å²) < 4.78 is 1.13. The summed E-state index contributed by atoms with van der Waals surface area (Å²) in [6.45, 7) is 1.60. The number of nitrogens with zero attached hydrogens (tertiary/aromatic N) is 1. The Morgan fingerprint density at radius 2 is 2.20 bits per heavy atom. The van der Waals surface area contributed by atoms with Gasteiger partial charge in [-0.3, -0.25) is 4.79 Å². The van der Waals surface area contributed by atoms with Gasteiger partial charge in [-0.1, -0.05) is 18.2 Å². The highest BCUT2D eigenvalue weighted by molar-refractivity contribution is 9.10. The summed E-state index contributed by atoms with van der Waals surface area (Å²) in [5.74, 6) is -1.11. The van der Waals surface area contributed by atoms with E-state index in [0.29, 0.717) is 6.42 Å². The summed E-state index contributed by atoms with van der Waals surface area (Å²) in [6, 6.07) is 9.89. The maximum absolute atomic E-state index is 11.4. The summed E-state index contributed by atoms with van der Waals surface area (Å²) in [5, 5.41) is 11.4. The van der Waals surface area contributed by atoms with E-state index in [1.54, 1.807) is 11.3 Å². The first kappa shape index (κ1) is 13.6. The maximum atomic E-state index is 11.4. The maximum Gasteiger partial charge on any atom is 0.311 e. The minimum absolute atomic E-state index is 0.380. The molecule has 1 aromatic heterocycles. The molecule has 0 bridgehead atoms. The molecule has 3 rings (SSSR count). The number of halogens is 1. The van der Waals surface area contributed by atoms with Crippen LogP contribution in [0.25, 0.3) is 0 Å². The Morgan fingerprint density at radius 3 is 2.90 bits per heavy atom. The molecule has 3 nitrogen and oxygen atoms in total. The van der Waals surface area contributed by atoms with Gasteiger partial charge in [0.2, 0.25) is 0 Å². The second kappa shape index (κ2) is 5.58. The molecule has 2 heterocycles. The lowest BCUT2D eigenvalue weighted by molar-refractivity contribution is -0.139. The van der Waals surface area contributed by atoms with Crippen molar-refractivity contribution >= 4 is 38.9 Å². The number of fused-ring (bicyclic) bond motifs is 1. The summed E-state index contributed by atoms with van der Waals surface area (Å²) in [4.78, 5) is 14.9. The molecule has 0 spiro atoms. The number of para-hydroxylation sites is 1. The van der Waals surface area contributed by atoms with Gasteiger partial charge < -0.3 is 10.0 Å². The Kier molecular flexibility index (Phi) is 3.81. The predicted molar refractivity (Wildman–Crippen MR) is 84.5 cm³/mol. The first-order chi connectivity index (χ1) is 9.66. The van der Waals surface area contributed by atoms with Crippen LogP contribution < -0.4 is 4.90 Å². The second-order valence-electron chi connectivity index (χ2n) is 4.85. The van der Waals surface area contributed by atoms with Gasteiger partial charge in [0.05, 0.1) is 12.5 Å². The Balaban J connectivity index is 1.93. The lowest BCUT2D eigenvalue weighted by Gasteiger charge is -2.34. The van der Waals surface area contributed by atoms with Gasteiger partial charge in [-0.05, 0) is 45.4 Å². The molecule has 1 N–H and O–H groups in total. The molecule has 1 aromatic carbocycles. The van der Waals surface area contributed by atoms with Gasteiger partial charge >= 0.3 is 5.97 Å². The summed E-state index contributed by atoms with van der Waals surface area (Å²) >= 11 is 5.28. The highest BCUT2D eigenvalue weighted by atomic mass is 79.9. The smallest absolute Gasteiger partial charge is 0.311 e. The van der Waals surface area contributed by atoms with Crippen LogP contribution in [0, 0.1) is 0 Å². The van der Waals surface area contributed by atoms with Crippen molar-refractivity contribution in [3.8, 4) is 0 Å². The van der Waals surface area contributed by atoms with E-state index in [0.717, 1.165) is 28.8 Å². The van der Waals surface area contributed by atoms with Crippen molar-refractivity contribution < 1.29 is 9.90 Å². The number of hydrogen-bond donors (Lipinski definition) is 1. The molecule has 1 aliphatic rings. The molecular weight excluding hydrogens is 338 g/mol. The van der Waals surface area contributed by atoms with Crippen LogP contribution in [0.1, 0.15) is 22.8 Å². The number of carbonyl (C=O) groups is 1. The lowest BCUT2D eigenvalue weighted by atomic mass is 9.90. The third-order valence-electron chi connectivity index (χ3n) is 3.66. The summed E-state index contributed by atoms with van der Waals surface area (Å²) in [6.07, 6.45) is 0.662. The van der Waals surface area contributed by atoms with E-state index >= 15 is 0 Å². The average Bonchev–Trinajstić information content (AvgIpc) is 2.84. The van der Waals surface area contributed by atoms with E-state index in [1.807, 2.05) is 24.3 Å². The van der Waals surface area contributed by atoms with E-state index in [-0.39, 0.29) is 5.92 Å². The van der Waals surface area contributed by atoms with Gasteiger partial charge in [0, 0.05) is 21.6 Å². The molecule has 2 aromatic rings. The first-order valence-corrected chi connectivity index (χ1v) is 8.12. The van der Waals surface area contributed by atoms with E-state index in [1.165, 1.54) is 4.88 Å². The zero-order valence-electron chi connectivity index (χ0n) is 10.8. The van der Waals surface area contributed by atoms with Crippen molar-refractivity contribution in [2.24, 2.45) is 0 Å². The summed E-state index contributed by atoms with van der Waals surface area (Å²) in [5.41, 5.74) is 1.98. The van der Waals surface area contributed by atoms with Crippen LogP contribution >= 0.6 is 27.3 Å². The van der Waals surface area contributed by atoms with Crippen molar-refractivity contribution in [3.05, 3.63) is 50.6 Å². The van der Waals surface area contributed by atoms with Crippen molar-refractivity contribution in [3.63, 3.8) is 0 Å². The normalized spacial score (nSPS) is 17.9. The number of hydrogen-bond acceptors (Lipinski definition) is 3. The van der Waals surface area contributed by atoms with Crippen LogP contribution in [0.15, 0.2) is 40.2 Å². The Morgan fingerprint density at radius 1 is 1.40 bits per heavy atom. The molecule has 0 radical (unpaired) electrons. The van der Waals surface area contributed by atoms with Crippen LogP contribution in [0.2, 0.25) is 0 Å². The van der Waals surface area contributed by atoms with Crippen molar-refractivity contribution in [2.45, 2.75) is 18.9 Å². The SMILES string of the molecule is O=C(O)C1CCN(Cc2sccc2Br)c2ccccc21. The molecule has 1 atom stereocenters. The molecule has 20 heavy (non-hydrogen) atoms. The fourth-order valence-electron chi connectivity index (χ4n) is 2.66. The van der Waals surface area contributed by atoms with Crippen LogP contribution in [0.3, 0.4) is 0 Å². The van der Waals surface area contributed by atoms with Gasteiger partial charge in [-0.2, -0.15) is 0 Å². The molecule has 0 amide bonds. The van der Waals surface area contributed by atoms with Crippen LogP contribution in [-0.4, -0.2) is 17.6 Å². The van der Waals surface area contributed by atoms with Crippen LogP contribution in [0.5, 0.6) is 0 Å². The number of rotatable bonds is 3. The number of anilines is 1. The highest BCUT2D eigenvalue weighted by Crippen LogP contribution is 2.37. The second-order valence-corrected chi connectivity index (χ2v) is 6.71. The predicted octanol–water partition coefficient (Wildman–Crippen LogP) is 4.09. The molecule has 0 fully saturated rings. The minimum atomic E-state index is -0.727. The number of carboxylic acid groups (broad SMARTS) is 1. The van der Waals surface area contributed by atoms with E-state index < -0.39 is 5.97 Å². The molecular formula is C15H14BrNO2S. The first-order valence-electron chi connectivity index (χ1n) is 6.45. The molecule has 1 aliphatic heterocycles. The quantitative estimate of drug-likeness (QED) is 0.905. The highest BCUT2D eigenvalue weighted by Gasteiger charge is 2.29. The molecule has 104 valence electrons. The Labute approximate surface area is 130 Å². The standard InChI is InChI=1S/C15H14BrNO2S/c16-12-6-8-20-14(12)9-17-7-5-11(15(18)19)10-3-1-2-4-13(10)17/h1-4,6,8,11H,5,7,9H2,(H,18,19). The van der Waals surface area contributed by atoms with Gasteiger partial charge in [-0.25, -0.2) is 0 Å². The van der Waals surface area contributed by atoms with Crippen molar-refractivity contribution in [1.82, 2.24) is 0 Å². The summed E-state index contributed by atoms with van der Waals surface area (Å²) in [7, 11) is 0. The molecule has 5 heteroatoms. The van der Waals surface area contributed by atoms with Gasteiger partial charge in [-0.15, -0.1) is 11.3 Å². The third kappa shape index (κ3) is 2.47. The lowest BCUT2D eigenvalue weighted by Crippen LogP contribution is -2.32. The number of thiophene rings is 1. The molecule has 0 aliphatic carbocycles.